The predicted octanol–water partition coefficient (Wildman–Crippen LogP) is 2.86. The summed E-state index contributed by atoms with van der Waals surface area (Å²) < 4.78 is 10.7. The average Bonchev–Trinajstić information content (AvgIpc) is 2.94. The Bertz CT molecular complexity index is 967. The molecule has 1 aromatic heterocycles. The highest BCUT2D eigenvalue weighted by Crippen LogP contribution is 2.24. The Hall–Kier alpha value is -3.28. The summed E-state index contributed by atoms with van der Waals surface area (Å²) >= 11 is 0. The van der Waals surface area contributed by atoms with E-state index < -0.39 is 0 Å². The van der Waals surface area contributed by atoms with Gasteiger partial charge in [0.25, 0.3) is 0 Å². The molecule has 0 saturated heterocycles. The van der Waals surface area contributed by atoms with Crippen LogP contribution in [0.1, 0.15) is 37.7 Å². The van der Waals surface area contributed by atoms with Gasteiger partial charge >= 0.3 is 0 Å². The number of rotatable bonds is 18. The molecule has 0 bridgehead atoms. The van der Waals surface area contributed by atoms with Crippen molar-refractivity contribution in [1.82, 2.24) is 20.3 Å². The van der Waals surface area contributed by atoms with E-state index in [0.717, 1.165) is 17.8 Å². The molecule has 1 aliphatic carbocycles. The average molecular weight is 527 g/mol. The van der Waals surface area contributed by atoms with Gasteiger partial charge in [0.05, 0.1) is 32.8 Å². The first-order valence-electron chi connectivity index (χ1n) is 13.5. The Kier molecular flexibility index (Phi) is 13.3. The molecule has 11 heteroatoms. The third-order valence-electron chi connectivity index (χ3n) is 6.09. The minimum Gasteiger partial charge on any atom is -0.378 e. The van der Waals surface area contributed by atoms with Crippen molar-refractivity contribution in [2.45, 2.75) is 38.5 Å². The van der Waals surface area contributed by atoms with Gasteiger partial charge < -0.3 is 36.5 Å². The van der Waals surface area contributed by atoms with Crippen LogP contribution in [0, 0.1) is 5.92 Å². The number of nitrogens with one attached hydrogen (secondary N) is 4. The van der Waals surface area contributed by atoms with E-state index in [4.69, 9.17) is 15.2 Å². The molecular formula is C27H42N8O3. The van der Waals surface area contributed by atoms with Crippen LogP contribution in [0.5, 0.6) is 0 Å². The molecule has 0 atom stereocenters. The maximum Gasteiger partial charge on any atom is 0.233 e. The van der Waals surface area contributed by atoms with E-state index in [1.54, 1.807) is 6.08 Å². The molecule has 3 rings (SSSR count). The first-order chi connectivity index (χ1) is 18.7. The zero-order chi connectivity index (χ0) is 26.8. The van der Waals surface area contributed by atoms with Gasteiger partial charge in [-0.2, -0.15) is 15.0 Å². The summed E-state index contributed by atoms with van der Waals surface area (Å²) in [5.41, 5.74) is 7.08. The second kappa shape index (κ2) is 17.3. The Morgan fingerprint density at radius 3 is 2.34 bits per heavy atom. The van der Waals surface area contributed by atoms with Crippen molar-refractivity contribution in [2.75, 3.05) is 68.6 Å². The number of ether oxygens (including phenoxy) is 2. The monoisotopic (exact) mass is 526 g/mol. The van der Waals surface area contributed by atoms with Crippen LogP contribution in [0.3, 0.4) is 0 Å². The zero-order valence-corrected chi connectivity index (χ0v) is 22.2. The van der Waals surface area contributed by atoms with E-state index in [1.807, 2.05) is 24.3 Å². The van der Waals surface area contributed by atoms with Crippen LogP contribution >= 0.6 is 0 Å². The first kappa shape index (κ1) is 29.3. The second-order valence-electron chi connectivity index (χ2n) is 9.22. The summed E-state index contributed by atoms with van der Waals surface area (Å²) in [5, 5.41) is 12.6. The molecule has 6 N–H and O–H groups in total. The molecule has 2 aromatic rings. The highest BCUT2D eigenvalue weighted by Gasteiger charge is 2.14. The number of nitrogens with zero attached hydrogens (tertiary/aromatic N) is 3. The fourth-order valence-electron chi connectivity index (χ4n) is 4.13. The summed E-state index contributed by atoms with van der Waals surface area (Å²) in [6, 6.07) is 7.63. The second-order valence-corrected chi connectivity index (χ2v) is 9.22. The summed E-state index contributed by atoms with van der Waals surface area (Å²) in [6.45, 7) is 8.05. The molecule has 0 aliphatic heterocycles. The summed E-state index contributed by atoms with van der Waals surface area (Å²) in [4.78, 5) is 25.8. The van der Waals surface area contributed by atoms with Gasteiger partial charge in [-0.1, -0.05) is 37.5 Å². The van der Waals surface area contributed by atoms with E-state index in [2.05, 4.69) is 42.8 Å². The zero-order valence-electron chi connectivity index (χ0n) is 22.2. The molecular weight excluding hydrogens is 484 g/mol. The number of amides is 1. The maximum atomic E-state index is 12.2. The standard InChI is InChI=1S/C27H42N8O3/c1-2-13-30-25-33-26(31-20-22-6-4-3-5-7-22)35-27(34-25)32-23-10-8-21(9-11-23)19-24(36)29-14-16-38-18-17-37-15-12-28/h2,8-11,22H,1,3-7,12-20,28H2,(H,29,36)(H3,30,31,32,33,34,35). The third-order valence-corrected chi connectivity index (χ3v) is 6.09. The third kappa shape index (κ3) is 11.4. The molecule has 0 unspecified atom stereocenters. The Labute approximate surface area is 225 Å². The van der Waals surface area contributed by atoms with Gasteiger partial charge in [0.1, 0.15) is 0 Å². The van der Waals surface area contributed by atoms with Crippen molar-refractivity contribution in [3.05, 3.63) is 42.5 Å². The van der Waals surface area contributed by atoms with Crippen molar-refractivity contribution in [3.63, 3.8) is 0 Å². The van der Waals surface area contributed by atoms with Crippen molar-refractivity contribution in [2.24, 2.45) is 11.7 Å². The molecule has 1 amide bonds. The fourth-order valence-corrected chi connectivity index (χ4v) is 4.13. The lowest BCUT2D eigenvalue weighted by atomic mass is 9.89. The number of benzene rings is 1. The quantitative estimate of drug-likeness (QED) is 0.145. The minimum atomic E-state index is -0.0576. The first-order valence-corrected chi connectivity index (χ1v) is 13.5. The van der Waals surface area contributed by atoms with E-state index in [-0.39, 0.29) is 12.3 Å². The van der Waals surface area contributed by atoms with Gasteiger partial charge in [0, 0.05) is 31.9 Å². The summed E-state index contributed by atoms with van der Waals surface area (Å²) in [6.07, 6.45) is 8.45. The smallest absolute Gasteiger partial charge is 0.233 e. The van der Waals surface area contributed by atoms with E-state index in [0.29, 0.717) is 69.8 Å². The van der Waals surface area contributed by atoms with Gasteiger partial charge in [-0.3, -0.25) is 4.79 Å². The summed E-state index contributed by atoms with van der Waals surface area (Å²) in [7, 11) is 0. The maximum absolute atomic E-state index is 12.2. The van der Waals surface area contributed by atoms with Crippen LogP contribution < -0.4 is 27.0 Å². The van der Waals surface area contributed by atoms with E-state index in [1.165, 1.54) is 32.1 Å². The highest BCUT2D eigenvalue weighted by atomic mass is 16.5. The topological polar surface area (TPSA) is 148 Å². The molecule has 1 fully saturated rings. The van der Waals surface area contributed by atoms with Gasteiger partial charge in [0.2, 0.25) is 23.8 Å². The molecule has 1 heterocycles. The molecule has 1 saturated carbocycles. The van der Waals surface area contributed by atoms with Gasteiger partial charge in [-0.15, -0.1) is 6.58 Å². The lowest BCUT2D eigenvalue weighted by molar-refractivity contribution is -0.120. The molecule has 1 aliphatic rings. The molecule has 11 nitrogen and oxygen atoms in total. The molecule has 1 aromatic carbocycles. The molecule has 208 valence electrons. The summed E-state index contributed by atoms with van der Waals surface area (Å²) in [5.74, 6) is 2.06. The highest BCUT2D eigenvalue weighted by molar-refractivity contribution is 5.78. The van der Waals surface area contributed by atoms with Gasteiger partial charge in [-0.25, -0.2) is 0 Å². The molecule has 38 heavy (non-hydrogen) atoms. The van der Waals surface area contributed by atoms with Gasteiger partial charge in [-0.05, 0) is 36.5 Å². The van der Waals surface area contributed by atoms with Gasteiger partial charge in [0.15, 0.2) is 0 Å². The number of aromatic nitrogens is 3. The van der Waals surface area contributed by atoms with Crippen molar-refractivity contribution in [3.8, 4) is 0 Å². The number of nitrogens with two attached hydrogens (primary N) is 1. The number of carbonyl (C=O) groups is 1. The van der Waals surface area contributed by atoms with Crippen LogP contribution in [0.25, 0.3) is 0 Å². The molecule has 0 spiro atoms. The number of hydrogen-bond acceptors (Lipinski definition) is 10. The molecule has 0 radical (unpaired) electrons. The van der Waals surface area contributed by atoms with Crippen molar-refractivity contribution < 1.29 is 14.3 Å². The van der Waals surface area contributed by atoms with E-state index >= 15 is 0 Å². The Morgan fingerprint density at radius 2 is 1.63 bits per heavy atom. The normalized spacial score (nSPS) is 13.6. The lowest BCUT2D eigenvalue weighted by Gasteiger charge is -2.21. The van der Waals surface area contributed by atoms with Crippen LogP contribution in [0.15, 0.2) is 36.9 Å². The van der Waals surface area contributed by atoms with Crippen molar-refractivity contribution >= 4 is 29.4 Å². The Balaban J connectivity index is 1.47. The SMILES string of the molecule is C=CCNc1nc(NCC2CCCCC2)nc(Nc2ccc(CC(=O)NCCOCCOCCN)cc2)n1. The number of hydrogen-bond donors (Lipinski definition) is 5. The Morgan fingerprint density at radius 1 is 0.947 bits per heavy atom. The minimum absolute atomic E-state index is 0.0576. The fraction of sp³-hybridized carbons (Fsp3) is 0.556. The van der Waals surface area contributed by atoms with Crippen LogP contribution in [-0.4, -0.2) is 73.5 Å². The van der Waals surface area contributed by atoms with E-state index in [9.17, 15) is 4.79 Å². The lowest BCUT2D eigenvalue weighted by Crippen LogP contribution is -2.29. The predicted molar refractivity (Wildman–Crippen MR) is 151 cm³/mol. The van der Waals surface area contributed by atoms with Crippen molar-refractivity contribution in [1.29, 1.82) is 0 Å². The van der Waals surface area contributed by atoms with Crippen LogP contribution in [0.2, 0.25) is 0 Å². The largest absolute Gasteiger partial charge is 0.378 e. The van der Waals surface area contributed by atoms with Crippen LogP contribution in [0.4, 0.5) is 23.5 Å². The van der Waals surface area contributed by atoms with Crippen LogP contribution in [-0.2, 0) is 20.7 Å². The number of carbonyl (C=O) groups excluding carboxylic acids is 1. The number of anilines is 4.